The predicted octanol–water partition coefficient (Wildman–Crippen LogP) is 5.33. The van der Waals surface area contributed by atoms with E-state index in [-0.39, 0.29) is 0 Å². The van der Waals surface area contributed by atoms with Crippen molar-refractivity contribution in [1.29, 1.82) is 0 Å². The van der Waals surface area contributed by atoms with Gasteiger partial charge in [0, 0.05) is 26.2 Å². The zero-order valence-corrected chi connectivity index (χ0v) is 17.9. The molecule has 0 aliphatic carbocycles. The molecule has 0 spiro atoms. The van der Waals surface area contributed by atoms with Crippen molar-refractivity contribution in [1.82, 2.24) is 9.80 Å². The van der Waals surface area contributed by atoms with E-state index in [1.54, 1.807) is 0 Å². The summed E-state index contributed by atoms with van der Waals surface area (Å²) in [6.07, 6.45) is 7.85. The molecule has 3 rings (SSSR count). The number of hydrogen-bond acceptors (Lipinski definition) is 3. The normalized spacial score (nSPS) is 16.2. The van der Waals surface area contributed by atoms with Gasteiger partial charge in [0.1, 0.15) is 0 Å². The Balaban J connectivity index is 1.29. The largest absolute Gasteiger partial charge is 0.378 e. The molecule has 0 atom stereocenters. The number of hydrogen-bond donors (Lipinski definition) is 0. The van der Waals surface area contributed by atoms with Crippen LogP contribution in [0.25, 0.3) is 10.8 Å². The number of nitrogens with zero attached hydrogens (tertiary/aromatic N) is 2. The molecule has 3 heteroatoms. The zero-order chi connectivity index (χ0) is 19.6. The first kappa shape index (κ1) is 21.3. The summed E-state index contributed by atoms with van der Waals surface area (Å²) < 4.78 is 6.15. The van der Waals surface area contributed by atoms with Crippen molar-refractivity contribution in [3.63, 3.8) is 0 Å². The Kier molecular flexibility index (Phi) is 8.78. The zero-order valence-electron chi connectivity index (χ0n) is 17.9. The molecule has 1 heterocycles. The number of unbranched alkanes of at least 4 members (excludes halogenated alkanes) is 2. The van der Waals surface area contributed by atoms with Crippen LogP contribution in [0.4, 0.5) is 0 Å². The van der Waals surface area contributed by atoms with Gasteiger partial charge < -0.3 is 9.64 Å². The Morgan fingerprint density at radius 1 is 0.964 bits per heavy atom. The van der Waals surface area contributed by atoms with Gasteiger partial charge in [-0.2, -0.15) is 0 Å². The molecular weight excluding hydrogens is 344 g/mol. The average molecular weight is 383 g/mol. The molecule has 1 aliphatic heterocycles. The predicted molar refractivity (Wildman–Crippen MR) is 120 cm³/mol. The van der Waals surface area contributed by atoms with Crippen LogP contribution in [0.3, 0.4) is 0 Å². The summed E-state index contributed by atoms with van der Waals surface area (Å²) in [5.74, 6) is 0. The smallest absolute Gasteiger partial charge is 0.0599 e. The molecule has 28 heavy (non-hydrogen) atoms. The number of fused-ring (bicyclic) bond motifs is 1. The highest BCUT2D eigenvalue weighted by molar-refractivity contribution is 5.82. The van der Waals surface area contributed by atoms with Crippen LogP contribution in [0, 0.1) is 0 Å². The van der Waals surface area contributed by atoms with Gasteiger partial charge in [-0.05, 0) is 81.1 Å². The van der Waals surface area contributed by atoms with Crippen molar-refractivity contribution < 1.29 is 4.74 Å². The quantitative estimate of drug-likeness (QED) is 0.488. The minimum Gasteiger partial charge on any atom is -0.378 e. The molecule has 0 saturated carbocycles. The van der Waals surface area contributed by atoms with Crippen molar-refractivity contribution in [3.8, 4) is 0 Å². The van der Waals surface area contributed by atoms with E-state index in [2.05, 4.69) is 66.2 Å². The van der Waals surface area contributed by atoms with Gasteiger partial charge in [0.2, 0.25) is 0 Å². The van der Waals surface area contributed by atoms with Gasteiger partial charge in [-0.15, -0.1) is 0 Å². The van der Waals surface area contributed by atoms with Crippen molar-refractivity contribution in [2.24, 2.45) is 0 Å². The minimum absolute atomic E-state index is 0.468. The van der Waals surface area contributed by atoms with E-state index in [0.717, 1.165) is 26.2 Å². The van der Waals surface area contributed by atoms with Crippen LogP contribution >= 0.6 is 0 Å². The number of piperidine rings is 1. The van der Waals surface area contributed by atoms with Gasteiger partial charge in [-0.1, -0.05) is 43.3 Å². The third kappa shape index (κ3) is 6.88. The van der Waals surface area contributed by atoms with Crippen molar-refractivity contribution >= 4 is 10.8 Å². The molecule has 0 aromatic heterocycles. The second-order valence-electron chi connectivity index (χ2n) is 8.39. The molecule has 0 bridgehead atoms. The summed E-state index contributed by atoms with van der Waals surface area (Å²) >= 11 is 0. The van der Waals surface area contributed by atoms with E-state index in [1.807, 2.05) is 0 Å². The maximum atomic E-state index is 6.15. The Morgan fingerprint density at radius 2 is 1.75 bits per heavy atom. The maximum absolute atomic E-state index is 6.15. The first-order valence-electron chi connectivity index (χ1n) is 11.2. The van der Waals surface area contributed by atoms with Crippen molar-refractivity contribution in [3.05, 3.63) is 48.0 Å². The van der Waals surface area contributed by atoms with Crippen LogP contribution in [-0.2, 0) is 11.3 Å². The molecule has 1 fully saturated rings. The van der Waals surface area contributed by atoms with E-state index in [9.17, 15) is 0 Å². The van der Waals surface area contributed by atoms with Crippen LogP contribution in [0.15, 0.2) is 42.5 Å². The van der Waals surface area contributed by atoms with Gasteiger partial charge in [0.25, 0.3) is 0 Å². The Labute approximate surface area is 171 Å². The highest BCUT2D eigenvalue weighted by atomic mass is 16.5. The number of likely N-dealkylation sites (tertiary alicyclic amines) is 1. The van der Waals surface area contributed by atoms with E-state index in [1.165, 1.54) is 68.0 Å². The standard InChI is InChI=1S/C25H38N2O/c1-3-15-26(2)16-7-4-8-19-28-25-13-17-27(18-14-25)21-22-11-12-23-9-5-6-10-24(23)20-22/h5-6,9-12,20,25H,3-4,7-8,13-19,21H2,1-2H3. The van der Waals surface area contributed by atoms with Gasteiger partial charge >= 0.3 is 0 Å². The fourth-order valence-corrected chi connectivity index (χ4v) is 4.23. The Morgan fingerprint density at radius 3 is 2.54 bits per heavy atom. The Bertz CT molecular complexity index is 694. The summed E-state index contributed by atoms with van der Waals surface area (Å²) in [5, 5.41) is 2.68. The molecule has 2 aromatic rings. The highest BCUT2D eigenvalue weighted by Crippen LogP contribution is 2.20. The molecule has 1 aliphatic rings. The monoisotopic (exact) mass is 382 g/mol. The van der Waals surface area contributed by atoms with E-state index in [0.29, 0.717) is 6.10 Å². The number of ether oxygens (including phenoxy) is 1. The van der Waals surface area contributed by atoms with Crippen molar-refractivity contribution in [2.75, 3.05) is 39.8 Å². The minimum atomic E-state index is 0.468. The first-order chi connectivity index (χ1) is 13.7. The lowest BCUT2D eigenvalue weighted by atomic mass is 10.0. The number of benzene rings is 2. The van der Waals surface area contributed by atoms with Gasteiger partial charge in [0.05, 0.1) is 6.10 Å². The summed E-state index contributed by atoms with van der Waals surface area (Å²) in [7, 11) is 2.23. The topological polar surface area (TPSA) is 15.7 Å². The van der Waals surface area contributed by atoms with Crippen LogP contribution in [-0.4, -0.2) is 55.7 Å². The van der Waals surface area contributed by atoms with Crippen LogP contribution in [0.5, 0.6) is 0 Å². The van der Waals surface area contributed by atoms with E-state index < -0.39 is 0 Å². The van der Waals surface area contributed by atoms with E-state index >= 15 is 0 Å². The van der Waals surface area contributed by atoms with E-state index in [4.69, 9.17) is 4.74 Å². The lowest BCUT2D eigenvalue weighted by Crippen LogP contribution is -2.36. The molecular formula is C25H38N2O. The molecule has 0 amide bonds. The molecule has 2 aromatic carbocycles. The van der Waals surface area contributed by atoms with Gasteiger partial charge in [-0.25, -0.2) is 0 Å². The third-order valence-corrected chi connectivity index (χ3v) is 5.90. The SMILES string of the molecule is CCCN(C)CCCCCOC1CCN(Cc2ccc3ccccc3c2)CC1. The molecule has 0 N–H and O–H groups in total. The third-order valence-electron chi connectivity index (χ3n) is 5.90. The number of rotatable bonds is 11. The van der Waals surface area contributed by atoms with Gasteiger partial charge in [0.15, 0.2) is 0 Å². The Hall–Kier alpha value is -1.42. The van der Waals surface area contributed by atoms with Crippen molar-refractivity contribution in [2.45, 2.75) is 58.1 Å². The molecule has 3 nitrogen and oxygen atoms in total. The van der Waals surface area contributed by atoms with Crippen LogP contribution < -0.4 is 0 Å². The van der Waals surface area contributed by atoms with Crippen LogP contribution in [0.2, 0.25) is 0 Å². The summed E-state index contributed by atoms with van der Waals surface area (Å²) in [6.45, 7) is 8.99. The molecule has 1 saturated heterocycles. The summed E-state index contributed by atoms with van der Waals surface area (Å²) in [5.41, 5.74) is 1.42. The maximum Gasteiger partial charge on any atom is 0.0599 e. The van der Waals surface area contributed by atoms with Gasteiger partial charge in [-0.3, -0.25) is 4.90 Å². The first-order valence-corrected chi connectivity index (χ1v) is 11.2. The second kappa shape index (κ2) is 11.5. The highest BCUT2D eigenvalue weighted by Gasteiger charge is 2.19. The summed E-state index contributed by atoms with van der Waals surface area (Å²) in [4.78, 5) is 5.01. The fraction of sp³-hybridized carbons (Fsp3) is 0.600. The average Bonchev–Trinajstić information content (AvgIpc) is 2.72. The summed E-state index contributed by atoms with van der Waals surface area (Å²) in [6, 6.07) is 15.5. The molecule has 0 radical (unpaired) electrons. The second-order valence-corrected chi connectivity index (χ2v) is 8.39. The molecule has 0 unspecified atom stereocenters. The fourth-order valence-electron chi connectivity index (χ4n) is 4.23. The molecule has 154 valence electrons. The lowest BCUT2D eigenvalue weighted by Gasteiger charge is -2.32. The van der Waals surface area contributed by atoms with Crippen LogP contribution in [0.1, 0.15) is 51.0 Å². The lowest BCUT2D eigenvalue weighted by molar-refractivity contribution is 0.00418.